The lowest BCUT2D eigenvalue weighted by molar-refractivity contribution is -0.143. The molecule has 2 heteroatoms. The molecule has 1 rings (SSSR count). The predicted molar refractivity (Wildman–Crippen MR) is 64.8 cm³/mol. The molecular formula is C14H22O2. The minimum absolute atomic E-state index is 0.0581. The monoisotopic (exact) mass is 222 g/mol. The van der Waals surface area contributed by atoms with Gasteiger partial charge in [-0.1, -0.05) is 44.4 Å². The highest BCUT2D eigenvalue weighted by atomic mass is 16.5. The Balaban J connectivity index is 1.86. The fraction of sp³-hybridized carbons (Fsp3) is 0.786. The molecule has 2 nitrogen and oxygen atoms in total. The molecule has 0 spiro atoms. The van der Waals surface area contributed by atoms with Crippen LogP contribution in [0.1, 0.15) is 58.3 Å². The van der Waals surface area contributed by atoms with E-state index in [2.05, 4.69) is 18.8 Å². The first-order valence-corrected chi connectivity index (χ1v) is 6.47. The zero-order valence-electron chi connectivity index (χ0n) is 10.3. The van der Waals surface area contributed by atoms with E-state index in [1.807, 2.05) is 0 Å². The van der Waals surface area contributed by atoms with Crippen molar-refractivity contribution in [3.63, 3.8) is 0 Å². The van der Waals surface area contributed by atoms with Crippen molar-refractivity contribution in [1.82, 2.24) is 0 Å². The first-order valence-electron chi connectivity index (χ1n) is 6.47. The van der Waals surface area contributed by atoms with Crippen LogP contribution in [0.4, 0.5) is 0 Å². The van der Waals surface area contributed by atoms with Gasteiger partial charge in [0, 0.05) is 6.42 Å². The van der Waals surface area contributed by atoms with Gasteiger partial charge in [-0.15, -0.1) is 0 Å². The number of unbranched alkanes of at least 4 members (excludes halogenated alkanes) is 5. The summed E-state index contributed by atoms with van der Waals surface area (Å²) < 4.78 is 5.00. The van der Waals surface area contributed by atoms with E-state index in [9.17, 15) is 4.79 Å². The van der Waals surface area contributed by atoms with Crippen molar-refractivity contribution in [3.05, 3.63) is 0 Å². The molecule has 0 bridgehead atoms. The second-order valence-electron chi connectivity index (χ2n) is 4.40. The van der Waals surface area contributed by atoms with E-state index in [1.165, 1.54) is 32.1 Å². The summed E-state index contributed by atoms with van der Waals surface area (Å²) in [5, 5.41) is 0. The number of hydrogen-bond acceptors (Lipinski definition) is 2. The van der Waals surface area contributed by atoms with E-state index in [-0.39, 0.29) is 18.5 Å². The van der Waals surface area contributed by atoms with Crippen LogP contribution in [0.15, 0.2) is 0 Å². The molecule has 1 fully saturated rings. The SMILES string of the molecule is CCCCCCCC#CCOC(=O)C1CC1. The van der Waals surface area contributed by atoms with Crippen molar-refractivity contribution < 1.29 is 9.53 Å². The normalized spacial score (nSPS) is 14.1. The number of rotatable bonds is 7. The molecule has 0 unspecified atom stereocenters. The quantitative estimate of drug-likeness (QED) is 0.375. The molecule has 0 atom stereocenters. The van der Waals surface area contributed by atoms with Gasteiger partial charge < -0.3 is 4.74 Å². The van der Waals surface area contributed by atoms with Gasteiger partial charge in [0.1, 0.15) is 0 Å². The van der Waals surface area contributed by atoms with Gasteiger partial charge in [0.15, 0.2) is 6.61 Å². The Morgan fingerprint density at radius 1 is 1.19 bits per heavy atom. The van der Waals surface area contributed by atoms with Crippen molar-refractivity contribution in [1.29, 1.82) is 0 Å². The molecule has 1 aliphatic rings. The third-order valence-electron chi connectivity index (χ3n) is 2.73. The maximum Gasteiger partial charge on any atom is 0.309 e. The summed E-state index contributed by atoms with van der Waals surface area (Å²) in [6.45, 7) is 2.50. The Kier molecular flexibility index (Phi) is 6.72. The molecule has 1 saturated carbocycles. The zero-order chi connectivity index (χ0) is 11.6. The van der Waals surface area contributed by atoms with E-state index in [4.69, 9.17) is 4.74 Å². The Morgan fingerprint density at radius 2 is 1.94 bits per heavy atom. The van der Waals surface area contributed by atoms with Crippen LogP contribution in [-0.4, -0.2) is 12.6 Å². The van der Waals surface area contributed by atoms with Crippen molar-refractivity contribution in [2.75, 3.05) is 6.61 Å². The number of carbonyl (C=O) groups is 1. The van der Waals surface area contributed by atoms with Crippen LogP contribution >= 0.6 is 0 Å². The lowest BCUT2D eigenvalue weighted by Gasteiger charge is -1.96. The minimum Gasteiger partial charge on any atom is -0.452 e. The Hall–Kier alpha value is -0.970. The fourth-order valence-corrected chi connectivity index (χ4v) is 1.50. The molecular weight excluding hydrogens is 200 g/mol. The number of carbonyl (C=O) groups excluding carboxylic acids is 1. The van der Waals surface area contributed by atoms with Gasteiger partial charge in [0.05, 0.1) is 5.92 Å². The van der Waals surface area contributed by atoms with Crippen molar-refractivity contribution in [2.24, 2.45) is 5.92 Å². The smallest absolute Gasteiger partial charge is 0.309 e. The molecule has 1 aliphatic carbocycles. The van der Waals surface area contributed by atoms with Gasteiger partial charge in [0.2, 0.25) is 0 Å². The highest BCUT2D eigenvalue weighted by molar-refractivity contribution is 5.75. The molecule has 0 amide bonds. The Labute approximate surface area is 98.8 Å². The van der Waals surface area contributed by atoms with Crippen molar-refractivity contribution >= 4 is 5.97 Å². The fourth-order valence-electron chi connectivity index (χ4n) is 1.50. The van der Waals surface area contributed by atoms with Crippen LogP contribution in [-0.2, 0) is 9.53 Å². The molecule has 0 aliphatic heterocycles. The van der Waals surface area contributed by atoms with Crippen molar-refractivity contribution in [3.8, 4) is 11.8 Å². The highest BCUT2D eigenvalue weighted by Gasteiger charge is 2.30. The second kappa shape index (κ2) is 8.21. The molecule has 0 saturated heterocycles. The number of esters is 1. The molecule has 0 radical (unpaired) electrons. The van der Waals surface area contributed by atoms with Crippen molar-refractivity contribution in [2.45, 2.75) is 58.3 Å². The maximum atomic E-state index is 11.1. The molecule has 0 aromatic heterocycles. The first kappa shape index (κ1) is 13.1. The predicted octanol–water partition coefficient (Wildman–Crippen LogP) is 3.30. The van der Waals surface area contributed by atoms with Gasteiger partial charge in [-0.05, 0) is 19.3 Å². The largest absolute Gasteiger partial charge is 0.452 e. The summed E-state index contributed by atoms with van der Waals surface area (Å²) in [7, 11) is 0. The molecule has 0 heterocycles. The third kappa shape index (κ3) is 6.50. The average Bonchev–Trinajstić information content (AvgIpc) is 3.10. The molecule has 90 valence electrons. The maximum absolute atomic E-state index is 11.1. The van der Waals surface area contributed by atoms with Gasteiger partial charge >= 0.3 is 5.97 Å². The molecule has 16 heavy (non-hydrogen) atoms. The summed E-state index contributed by atoms with van der Waals surface area (Å²) in [6, 6.07) is 0. The minimum atomic E-state index is -0.0581. The highest BCUT2D eigenvalue weighted by Crippen LogP contribution is 2.29. The van der Waals surface area contributed by atoms with Gasteiger partial charge in [0.25, 0.3) is 0 Å². The molecule has 0 aromatic carbocycles. The lowest BCUT2D eigenvalue weighted by Crippen LogP contribution is -2.06. The number of hydrogen-bond donors (Lipinski definition) is 0. The summed E-state index contributed by atoms with van der Waals surface area (Å²) >= 11 is 0. The van der Waals surface area contributed by atoms with Crippen LogP contribution in [0, 0.1) is 17.8 Å². The third-order valence-corrected chi connectivity index (χ3v) is 2.73. The van der Waals surface area contributed by atoms with Gasteiger partial charge in [-0.25, -0.2) is 0 Å². The lowest BCUT2D eigenvalue weighted by atomic mass is 10.1. The standard InChI is InChI=1S/C14H22O2/c1-2-3-4-5-6-7-8-9-12-16-14(15)13-10-11-13/h13H,2-7,10-12H2,1H3. The van der Waals surface area contributed by atoms with E-state index in [0.29, 0.717) is 0 Å². The summed E-state index contributed by atoms with van der Waals surface area (Å²) in [6.07, 6.45) is 9.30. The van der Waals surface area contributed by atoms with Crippen LogP contribution in [0.25, 0.3) is 0 Å². The van der Waals surface area contributed by atoms with Crippen LogP contribution in [0.2, 0.25) is 0 Å². The summed E-state index contributed by atoms with van der Waals surface area (Å²) in [4.78, 5) is 11.1. The van der Waals surface area contributed by atoms with E-state index in [0.717, 1.165) is 19.3 Å². The van der Waals surface area contributed by atoms with E-state index in [1.54, 1.807) is 0 Å². The van der Waals surface area contributed by atoms with Crippen LogP contribution < -0.4 is 0 Å². The van der Waals surface area contributed by atoms with Gasteiger partial charge in [-0.3, -0.25) is 4.79 Å². The topological polar surface area (TPSA) is 26.3 Å². The second-order valence-corrected chi connectivity index (χ2v) is 4.40. The molecule has 0 aromatic rings. The average molecular weight is 222 g/mol. The molecule has 0 N–H and O–H groups in total. The van der Waals surface area contributed by atoms with Crippen LogP contribution in [0.5, 0.6) is 0 Å². The van der Waals surface area contributed by atoms with E-state index >= 15 is 0 Å². The summed E-state index contributed by atoms with van der Waals surface area (Å²) in [5.41, 5.74) is 0. The van der Waals surface area contributed by atoms with Gasteiger partial charge in [-0.2, -0.15) is 0 Å². The Bertz CT molecular complexity index is 256. The Morgan fingerprint density at radius 3 is 2.62 bits per heavy atom. The first-order chi connectivity index (χ1) is 7.84. The zero-order valence-corrected chi connectivity index (χ0v) is 10.3. The number of ether oxygens (including phenoxy) is 1. The summed E-state index contributed by atoms with van der Waals surface area (Å²) in [5.74, 6) is 6.08. The van der Waals surface area contributed by atoms with Crippen LogP contribution in [0.3, 0.4) is 0 Å². The van der Waals surface area contributed by atoms with E-state index < -0.39 is 0 Å².